The van der Waals surface area contributed by atoms with E-state index in [1.807, 2.05) is 0 Å². The van der Waals surface area contributed by atoms with E-state index in [-0.39, 0.29) is 7.58 Å². The second-order valence-electron chi connectivity index (χ2n) is 2.91. The molecule has 0 aromatic carbocycles. The van der Waals surface area contributed by atoms with Crippen molar-refractivity contribution >= 4 is 6.29 Å². The largest absolute Gasteiger partial charge is 0.344 e. The Bertz CT molecular complexity index is 92.1. The van der Waals surface area contributed by atoms with Crippen molar-refractivity contribution in [2.75, 3.05) is 0 Å². The highest BCUT2D eigenvalue weighted by Gasteiger charge is 2.11. The lowest BCUT2D eigenvalue weighted by Crippen LogP contribution is -2.05. The quantitative estimate of drug-likeness (QED) is 0.607. The van der Waals surface area contributed by atoms with E-state index in [9.17, 15) is 4.79 Å². The van der Waals surface area contributed by atoms with E-state index >= 15 is 0 Å². The summed E-state index contributed by atoms with van der Waals surface area (Å²) >= 11 is 0. The average Bonchev–Trinajstić information content (AvgIpc) is 1.91. The molecule has 62 valence electrons. The average molecular weight is 145 g/mol. The molecule has 0 bridgehead atoms. The summed E-state index contributed by atoms with van der Waals surface area (Å²) in [6.07, 6.45) is 8.53. The summed E-state index contributed by atoms with van der Waals surface area (Å²) in [6.45, 7) is 0. The molecule has 0 heterocycles. The van der Waals surface area contributed by atoms with Crippen LogP contribution in [0.3, 0.4) is 0 Å². The molecule has 0 atom stereocenters. The van der Waals surface area contributed by atoms with E-state index < -0.39 is 0 Å². The first-order valence-corrected chi connectivity index (χ1v) is 3.87. The van der Waals surface area contributed by atoms with Gasteiger partial charge in [-0.15, -0.1) is 0 Å². The molecule has 0 aromatic rings. The fourth-order valence-corrected chi connectivity index (χ4v) is 1.56. The van der Waals surface area contributed by atoms with Gasteiger partial charge in [-0.05, 0) is 5.92 Å². The zero-order valence-electron chi connectivity index (χ0n) is 6.51. The van der Waals surface area contributed by atoms with E-state index in [1.165, 1.54) is 32.1 Å². The van der Waals surface area contributed by atoms with Crippen LogP contribution < -0.4 is 6.15 Å². The molecule has 1 aliphatic carbocycles. The second-order valence-corrected chi connectivity index (χ2v) is 2.91. The summed E-state index contributed by atoms with van der Waals surface area (Å²) in [5.41, 5.74) is 0. The molecule has 1 aliphatic rings. The van der Waals surface area contributed by atoms with Crippen molar-refractivity contribution in [3.8, 4) is 0 Å². The van der Waals surface area contributed by atoms with Gasteiger partial charge in [0.15, 0.2) is 0 Å². The van der Waals surface area contributed by atoms with Gasteiger partial charge in [-0.25, -0.2) is 0 Å². The number of hydrogen-bond donors (Lipinski definition) is 1. The molecule has 1 saturated carbocycles. The highest BCUT2D eigenvalue weighted by atomic mass is 16.1. The van der Waals surface area contributed by atoms with E-state index in [0.717, 1.165) is 18.6 Å². The summed E-state index contributed by atoms with van der Waals surface area (Å²) in [5.74, 6) is 0.733. The minimum absolute atomic E-state index is 0. The molecule has 2 heteroatoms. The van der Waals surface area contributed by atoms with E-state index in [4.69, 9.17) is 0 Å². The molecule has 1 fully saturated rings. The molecule has 0 unspecified atom stereocenters. The third-order valence-corrected chi connectivity index (χ3v) is 2.15. The maximum Gasteiger partial charge on any atom is 0.120 e. The fraction of sp³-hybridized carbons (Fsp3) is 0.875. The second kappa shape index (κ2) is 5.42. The lowest BCUT2D eigenvalue weighted by molar-refractivity contribution is -0.108. The standard InChI is InChI=1S/C8H14O.H3N.H2/c9-7-6-8-4-2-1-3-5-8;;/h7-8H,1-6H2;1H3;1H. The highest BCUT2D eigenvalue weighted by Crippen LogP contribution is 2.24. The third-order valence-electron chi connectivity index (χ3n) is 2.15. The van der Waals surface area contributed by atoms with Crippen LogP contribution in [-0.2, 0) is 4.79 Å². The van der Waals surface area contributed by atoms with Gasteiger partial charge < -0.3 is 10.9 Å². The maximum atomic E-state index is 10.1. The van der Waals surface area contributed by atoms with Gasteiger partial charge in [0.25, 0.3) is 0 Å². The first-order valence-electron chi connectivity index (χ1n) is 3.87. The SMILES string of the molecule is N.O=CCC1CCCCC1.[HH]. The van der Waals surface area contributed by atoms with E-state index in [1.54, 1.807) is 0 Å². The van der Waals surface area contributed by atoms with Crippen molar-refractivity contribution in [1.82, 2.24) is 6.15 Å². The minimum Gasteiger partial charge on any atom is -0.344 e. The van der Waals surface area contributed by atoms with Crippen LogP contribution in [0.1, 0.15) is 40.0 Å². The topological polar surface area (TPSA) is 52.1 Å². The minimum atomic E-state index is 0. The van der Waals surface area contributed by atoms with Crippen LogP contribution in [0.5, 0.6) is 0 Å². The molecule has 2 nitrogen and oxygen atoms in total. The first kappa shape index (κ1) is 9.63. The molecular formula is C8H19NO. The Morgan fingerprint density at radius 2 is 1.90 bits per heavy atom. The molecular weight excluding hydrogens is 126 g/mol. The van der Waals surface area contributed by atoms with Crippen LogP contribution in [0.4, 0.5) is 0 Å². The van der Waals surface area contributed by atoms with Crippen LogP contribution in [0.25, 0.3) is 0 Å². The van der Waals surface area contributed by atoms with Crippen LogP contribution in [-0.4, -0.2) is 6.29 Å². The molecule has 10 heavy (non-hydrogen) atoms. The van der Waals surface area contributed by atoms with Gasteiger partial charge in [-0.3, -0.25) is 0 Å². The van der Waals surface area contributed by atoms with Crippen LogP contribution in [0.15, 0.2) is 0 Å². The summed E-state index contributed by atoms with van der Waals surface area (Å²) in [6, 6.07) is 0. The molecule has 0 aliphatic heterocycles. The third kappa shape index (κ3) is 2.97. The zero-order chi connectivity index (χ0) is 6.53. The molecule has 1 rings (SSSR count). The van der Waals surface area contributed by atoms with Crippen molar-refractivity contribution in [1.29, 1.82) is 0 Å². The Morgan fingerprint density at radius 3 is 2.40 bits per heavy atom. The predicted octanol–water partition coefficient (Wildman–Crippen LogP) is 2.56. The van der Waals surface area contributed by atoms with Gasteiger partial charge >= 0.3 is 0 Å². The monoisotopic (exact) mass is 145 g/mol. The molecule has 0 aromatic heterocycles. The first-order chi connectivity index (χ1) is 4.43. The number of carbonyl (C=O) groups excluding carboxylic acids is 1. The van der Waals surface area contributed by atoms with Gasteiger partial charge in [0.05, 0.1) is 0 Å². The summed E-state index contributed by atoms with van der Waals surface area (Å²) < 4.78 is 0. The summed E-state index contributed by atoms with van der Waals surface area (Å²) in [4.78, 5) is 10.1. The van der Waals surface area contributed by atoms with Crippen molar-refractivity contribution in [2.45, 2.75) is 38.5 Å². The van der Waals surface area contributed by atoms with Crippen LogP contribution >= 0.6 is 0 Å². The molecule has 0 saturated heterocycles. The van der Waals surface area contributed by atoms with E-state index in [0.29, 0.717) is 0 Å². The Hall–Kier alpha value is -0.370. The summed E-state index contributed by atoms with van der Waals surface area (Å²) in [5, 5.41) is 0. The number of hydrogen-bond acceptors (Lipinski definition) is 2. The van der Waals surface area contributed by atoms with Crippen molar-refractivity contribution in [2.24, 2.45) is 5.92 Å². The number of aldehydes is 1. The van der Waals surface area contributed by atoms with Gasteiger partial charge in [0.1, 0.15) is 6.29 Å². The molecule has 0 amide bonds. The smallest absolute Gasteiger partial charge is 0.120 e. The van der Waals surface area contributed by atoms with Crippen molar-refractivity contribution in [3.05, 3.63) is 0 Å². The molecule has 3 N–H and O–H groups in total. The van der Waals surface area contributed by atoms with Gasteiger partial charge in [-0.1, -0.05) is 32.1 Å². The molecule has 0 spiro atoms. The van der Waals surface area contributed by atoms with Gasteiger partial charge in [0, 0.05) is 7.85 Å². The lowest BCUT2D eigenvalue weighted by Gasteiger charge is -2.18. The highest BCUT2D eigenvalue weighted by molar-refractivity contribution is 5.49. The lowest BCUT2D eigenvalue weighted by atomic mass is 9.87. The number of carbonyl (C=O) groups is 1. The van der Waals surface area contributed by atoms with Crippen LogP contribution in [0, 0.1) is 5.92 Å². The Kier molecular flexibility index (Phi) is 5.22. The predicted molar refractivity (Wildman–Crippen MR) is 44.4 cm³/mol. The normalized spacial score (nSPS) is 19.6. The zero-order valence-corrected chi connectivity index (χ0v) is 6.51. The Morgan fingerprint density at radius 1 is 1.30 bits per heavy atom. The van der Waals surface area contributed by atoms with Gasteiger partial charge in [-0.2, -0.15) is 0 Å². The fourth-order valence-electron chi connectivity index (χ4n) is 1.56. The maximum absolute atomic E-state index is 10.1. The Balaban J connectivity index is 0. The van der Waals surface area contributed by atoms with Crippen LogP contribution in [0.2, 0.25) is 0 Å². The van der Waals surface area contributed by atoms with Crippen molar-refractivity contribution in [3.63, 3.8) is 0 Å². The van der Waals surface area contributed by atoms with Gasteiger partial charge in [0.2, 0.25) is 0 Å². The van der Waals surface area contributed by atoms with E-state index in [2.05, 4.69) is 0 Å². The summed E-state index contributed by atoms with van der Waals surface area (Å²) in [7, 11) is 0. The molecule has 0 radical (unpaired) electrons. The van der Waals surface area contributed by atoms with Crippen molar-refractivity contribution < 1.29 is 6.22 Å². The number of rotatable bonds is 2. The Labute approximate surface area is 64.1 Å².